The van der Waals surface area contributed by atoms with Crippen LogP contribution in [0.3, 0.4) is 0 Å². The Hall–Kier alpha value is -1.36. The standard InChI is InChI=1S/C12H12BrN3O/c1-16-9-4-2-3-8(15-17)11(9)7-5-6-10(13)14-12(7)16/h5-6,17H,2-4H2,1H3/b15-8+. The Morgan fingerprint density at radius 3 is 3.00 bits per heavy atom. The highest BCUT2D eigenvalue weighted by Crippen LogP contribution is 2.31. The Kier molecular flexibility index (Phi) is 2.43. The monoisotopic (exact) mass is 293 g/mol. The van der Waals surface area contributed by atoms with Gasteiger partial charge >= 0.3 is 0 Å². The van der Waals surface area contributed by atoms with Gasteiger partial charge in [0.05, 0.1) is 5.71 Å². The molecule has 0 saturated carbocycles. The van der Waals surface area contributed by atoms with E-state index in [4.69, 9.17) is 5.21 Å². The van der Waals surface area contributed by atoms with E-state index in [0.29, 0.717) is 0 Å². The highest BCUT2D eigenvalue weighted by atomic mass is 79.9. The number of pyridine rings is 1. The lowest BCUT2D eigenvalue weighted by molar-refractivity contribution is 0.317. The van der Waals surface area contributed by atoms with Gasteiger partial charge in [-0.3, -0.25) is 0 Å². The number of aromatic nitrogens is 2. The van der Waals surface area contributed by atoms with Gasteiger partial charge in [0, 0.05) is 23.7 Å². The second kappa shape index (κ2) is 3.84. The van der Waals surface area contributed by atoms with Gasteiger partial charge in [0.15, 0.2) is 0 Å². The van der Waals surface area contributed by atoms with Crippen LogP contribution in [0.2, 0.25) is 0 Å². The Morgan fingerprint density at radius 1 is 1.41 bits per heavy atom. The first kappa shape index (κ1) is 10.8. The van der Waals surface area contributed by atoms with Crippen molar-refractivity contribution in [3.8, 4) is 0 Å². The molecule has 0 fully saturated rings. The smallest absolute Gasteiger partial charge is 0.141 e. The average molecular weight is 294 g/mol. The lowest BCUT2D eigenvalue weighted by atomic mass is 9.94. The third-order valence-electron chi connectivity index (χ3n) is 3.36. The van der Waals surface area contributed by atoms with Crippen molar-refractivity contribution in [2.24, 2.45) is 12.2 Å². The minimum atomic E-state index is 0.779. The van der Waals surface area contributed by atoms with E-state index in [1.807, 2.05) is 19.2 Å². The maximum Gasteiger partial charge on any atom is 0.141 e. The quantitative estimate of drug-likeness (QED) is 0.461. The van der Waals surface area contributed by atoms with Crippen LogP contribution in [0.15, 0.2) is 21.9 Å². The maximum atomic E-state index is 9.11. The van der Waals surface area contributed by atoms with Gasteiger partial charge in [0.2, 0.25) is 0 Å². The summed E-state index contributed by atoms with van der Waals surface area (Å²) in [5, 5.41) is 13.6. The molecule has 0 radical (unpaired) electrons. The van der Waals surface area contributed by atoms with E-state index in [1.165, 1.54) is 5.69 Å². The summed E-state index contributed by atoms with van der Waals surface area (Å²) in [4.78, 5) is 4.49. The number of oxime groups is 1. The lowest BCUT2D eigenvalue weighted by Crippen LogP contribution is -2.12. The summed E-state index contributed by atoms with van der Waals surface area (Å²) in [7, 11) is 2.01. The van der Waals surface area contributed by atoms with E-state index in [9.17, 15) is 0 Å². The molecule has 0 saturated heterocycles. The minimum Gasteiger partial charge on any atom is -0.411 e. The maximum absolute atomic E-state index is 9.11. The molecule has 0 unspecified atom stereocenters. The summed E-state index contributed by atoms with van der Waals surface area (Å²) < 4.78 is 2.92. The van der Waals surface area contributed by atoms with Crippen molar-refractivity contribution in [3.05, 3.63) is 28.0 Å². The van der Waals surface area contributed by atoms with Crippen molar-refractivity contribution < 1.29 is 5.21 Å². The molecule has 1 aliphatic rings. The minimum absolute atomic E-state index is 0.779. The van der Waals surface area contributed by atoms with Gasteiger partial charge in [0.25, 0.3) is 0 Å². The fourth-order valence-electron chi connectivity index (χ4n) is 2.59. The zero-order chi connectivity index (χ0) is 12.0. The van der Waals surface area contributed by atoms with Crippen LogP contribution < -0.4 is 0 Å². The predicted molar refractivity (Wildman–Crippen MR) is 69.7 cm³/mol. The first-order valence-electron chi connectivity index (χ1n) is 5.57. The van der Waals surface area contributed by atoms with Crippen LogP contribution in [-0.2, 0) is 13.5 Å². The number of hydrogen-bond acceptors (Lipinski definition) is 3. The Balaban J connectivity index is 2.42. The van der Waals surface area contributed by atoms with Crippen molar-refractivity contribution in [1.82, 2.24) is 9.55 Å². The molecule has 3 rings (SSSR count). The van der Waals surface area contributed by atoms with E-state index in [-0.39, 0.29) is 0 Å². The van der Waals surface area contributed by atoms with Crippen molar-refractivity contribution in [2.75, 3.05) is 0 Å². The molecule has 17 heavy (non-hydrogen) atoms. The summed E-state index contributed by atoms with van der Waals surface area (Å²) in [6, 6.07) is 3.95. The number of halogens is 1. The molecule has 0 spiro atoms. The number of fused-ring (bicyclic) bond motifs is 3. The third-order valence-corrected chi connectivity index (χ3v) is 3.80. The molecule has 0 atom stereocenters. The van der Waals surface area contributed by atoms with Crippen molar-refractivity contribution >= 4 is 32.7 Å². The van der Waals surface area contributed by atoms with Crippen LogP contribution >= 0.6 is 15.9 Å². The summed E-state index contributed by atoms with van der Waals surface area (Å²) >= 11 is 3.39. The van der Waals surface area contributed by atoms with E-state index >= 15 is 0 Å². The third kappa shape index (κ3) is 1.49. The Bertz CT molecular complexity index is 630. The fourth-order valence-corrected chi connectivity index (χ4v) is 2.89. The molecular formula is C12H12BrN3O. The van der Waals surface area contributed by atoms with Crippen LogP contribution in [0.25, 0.3) is 11.0 Å². The van der Waals surface area contributed by atoms with Crippen LogP contribution in [-0.4, -0.2) is 20.5 Å². The van der Waals surface area contributed by atoms with Gasteiger partial charge < -0.3 is 9.77 Å². The number of aryl methyl sites for hydroxylation is 1. The molecule has 4 nitrogen and oxygen atoms in total. The van der Waals surface area contributed by atoms with Crippen molar-refractivity contribution in [3.63, 3.8) is 0 Å². The molecule has 2 aromatic heterocycles. The first-order chi connectivity index (χ1) is 8.22. The number of rotatable bonds is 0. The van der Waals surface area contributed by atoms with Crippen LogP contribution in [0, 0.1) is 0 Å². The summed E-state index contributed by atoms with van der Waals surface area (Å²) in [5.41, 5.74) is 3.99. The van der Waals surface area contributed by atoms with E-state index < -0.39 is 0 Å². The number of nitrogens with zero attached hydrogens (tertiary/aromatic N) is 3. The van der Waals surface area contributed by atoms with Gasteiger partial charge in [0.1, 0.15) is 10.3 Å². The SMILES string of the molecule is Cn1c2c(c3ccc(Br)nc31)/C(=N/O)CCC2. The molecule has 5 heteroatoms. The number of hydrogen-bond donors (Lipinski definition) is 1. The molecule has 2 heterocycles. The second-order valence-electron chi connectivity index (χ2n) is 4.29. The molecule has 0 aromatic carbocycles. The first-order valence-corrected chi connectivity index (χ1v) is 6.37. The molecule has 88 valence electrons. The molecule has 1 N–H and O–H groups in total. The Labute approximate surface area is 107 Å². The summed E-state index contributed by atoms with van der Waals surface area (Å²) in [6.45, 7) is 0. The van der Waals surface area contributed by atoms with Gasteiger partial charge in [-0.05, 0) is 47.3 Å². The average Bonchev–Trinajstić information content (AvgIpc) is 2.63. The van der Waals surface area contributed by atoms with E-state index in [1.54, 1.807) is 0 Å². The highest BCUT2D eigenvalue weighted by Gasteiger charge is 2.24. The van der Waals surface area contributed by atoms with E-state index in [0.717, 1.165) is 46.2 Å². The van der Waals surface area contributed by atoms with Gasteiger partial charge in [-0.1, -0.05) is 5.16 Å². The second-order valence-corrected chi connectivity index (χ2v) is 5.10. The van der Waals surface area contributed by atoms with Crippen molar-refractivity contribution in [1.29, 1.82) is 0 Å². The summed E-state index contributed by atoms with van der Waals surface area (Å²) in [6.07, 6.45) is 2.87. The molecule has 0 bridgehead atoms. The Morgan fingerprint density at radius 2 is 2.24 bits per heavy atom. The molecule has 1 aliphatic carbocycles. The zero-order valence-corrected chi connectivity index (χ0v) is 11.0. The van der Waals surface area contributed by atoms with Gasteiger partial charge in [-0.2, -0.15) is 0 Å². The highest BCUT2D eigenvalue weighted by molar-refractivity contribution is 9.10. The molecule has 0 amide bonds. The molecule has 0 aliphatic heterocycles. The van der Waals surface area contributed by atoms with Crippen LogP contribution in [0.1, 0.15) is 24.1 Å². The van der Waals surface area contributed by atoms with Crippen LogP contribution in [0.4, 0.5) is 0 Å². The van der Waals surface area contributed by atoms with Crippen LogP contribution in [0.5, 0.6) is 0 Å². The normalized spacial score (nSPS) is 17.6. The molecular weight excluding hydrogens is 282 g/mol. The lowest BCUT2D eigenvalue weighted by Gasteiger charge is -2.14. The van der Waals surface area contributed by atoms with Gasteiger partial charge in [-0.15, -0.1) is 0 Å². The summed E-state index contributed by atoms with van der Waals surface area (Å²) in [5.74, 6) is 0. The van der Waals surface area contributed by atoms with Crippen molar-refractivity contribution in [2.45, 2.75) is 19.3 Å². The zero-order valence-electron chi connectivity index (χ0n) is 9.44. The molecule has 2 aromatic rings. The van der Waals surface area contributed by atoms with Gasteiger partial charge in [-0.25, -0.2) is 4.98 Å². The topological polar surface area (TPSA) is 50.4 Å². The predicted octanol–water partition coefficient (Wildman–Crippen LogP) is 2.85. The largest absolute Gasteiger partial charge is 0.411 e. The van der Waals surface area contributed by atoms with E-state index in [2.05, 4.69) is 30.6 Å². The fraction of sp³-hybridized carbons (Fsp3) is 0.333.